The summed E-state index contributed by atoms with van der Waals surface area (Å²) in [6.45, 7) is 0. The molecular weight excluding hydrogens is 292 g/mol. The molecule has 4 nitrogen and oxygen atoms in total. The first-order valence-electron chi connectivity index (χ1n) is 7.18. The van der Waals surface area contributed by atoms with Gasteiger partial charge in [-0.05, 0) is 29.7 Å². The highest BCUT2D eigenvalue weighted by molar-refractivity contribution is 6.02. The molecule has 1 saturated carbocycles. The van der Waals surface area contributed by atoms with Gasteiger partial charge in [0.2, 0.25) is 0 Å². The highest BCUT2D eigenvalue weighted by atomic mass is 16.4. The molecule has 3 rings (SSSR count). The number of hydrogen-bond acceptors (Lipinski definition) is 2. The molecule has 23 heavy (non-hydrogen) atoms. The Morgan fingerprint density at radius 3 is 2.22 bits per heavy atom. The van der Waals surface area contributed by atoms with Crippen LogP contribution >= 0.6 is 0 Å². The Hall–Kier alpha value is -3.06. The zero-order valence-corrected chi connectivity index (χ0v) is 12.2. The van der Waals surface area contributed by atoms with Crippen molar-refractivity contribution in [3.63, 3.8) is 0 Å². The van der Waals surface area contributed by atoms with Crippen molar-refractivity contribution in [2.75, 3.05) is 0 Å². The van der Waals surface area contributed by atoms with Crippen LogP contribution in [0.15, 0.2) is 54.6 Å². The number of benzene rings is 2. The molecule has 0 aromatic heterocycles. The number of carbonyl (C=O) groups is 2. The molecule has 114 valence electrons. The van der Waals surface area contributed by atoms with E-state index in [0.29, 0.717) is 0 Å². The third kappa shape index (κ3) is 2.69. The van der Waals surface area contributed by atoms with E-state index in [9.17, 15) is 9.59 Å². The highest BCUT2D eigenvalue weighted by Crippen LogP contribution is 2.52. The Morgan fingerprint density at radius 2 is 1.61 bits per heavy atom. The minimum atomic E-state index is -1.73. The van der Waals surface area contributed by atoms with Crippen LogP contribution in [0.3, 0.4) is 0 Å². The van der Waals surface area contributed by atoms with Crippen LogP contribution in [0.2, 0.25) is 0 Å². The van der Waals surface area contributed by atoms with Crippen molar-refractivity contribution in [1.82, 2.24) is 0 Å². The second-order valence-electron chi connectivity index (χ2n) is 5.55. The van der Waals surface area contributed by atoms with Crippen LogP contribution in [0.4, 0.5) is 0 Å². The molecular formula is C19H14O4. The van der Waals surface area contributed by atoms with Crippen LogP contribution in [-0.4, -0.2) is 22.2 Å². The molecule has 1 fully saturated rings. The molecule has 2 aromatic carbocycles. The molecule has 2 N–H and O–H groups in total. The molecule has 1 aliphatic rings. The van der Waals surface area contributed by atoms with Crippen molar-refractivity contribution in [2.45, 2.75) is 6.42 Å². The van der Waals surface area contributed by atoms with Gasteiger partial charge in [-0.15, -0.1) is 0 Å². The van der Waals surface area contributed by atoms with Crippen LogP contribution in [0.5, 0.6) is 0 Å². The minimum Gasteiger partial charge on any atom is -0.480 e. The first kappa shape index (κ1) is 14.9. The highest BCUT2D eigenvalue weighted by Gasteiger charge is 2.66. The van der Waals surface area contributed by atoms with Crippen LogP contribution in [0.1, 0.15) is 12.0 Å². The van der Waals surface area contributed by atoms with Gasteiger partial charge in [-0.25, -0.2) is 0 Å². The van der Waals surface area contributed by atoms with E-state index < -0.39 is 23.3 Å². The van der Waals surface area contributed by atoms with E-state index in [1.165, 1.54) is 0 Å². The quantitative estimate of drug-likeness (QED) is 0.675. The van der Waals surface area contributed by atoms with Crippen molar-refractivity contribution in [3.8, 4) is 23.0 Å². The van der Waals surface area contributed by atoms with Crippen LogP contribution in [0.25, 0.3) is 11.1 Å². The van der Waals surface area contributed by atoms with E-state index in [-0.39, 0.29) is 6.42 Å². The van der Waals surface area contributed by atoms with Crippen LogP contribution in [-0.2, 0) is 9.59 Å². The fourth-order valence-electron chi connectivity index (χ4n) is 2.58. The predicted molar refractivity (Wildman–Crippen MR) is 84.6 cm³/mol. The summed E-state index contributed by atoms with van der Waals surface area (Å²) in [4.78, 5) is 22.3. The Labute approximate surface area is 133 Å². The van der Waals surface area contributed by atoms with E-state index in [1.807, 2.05) is 54.6 Å². The SMILES string of the molecule is O=C(O)C1(C(=O)O)CC1C#Cc1cccc(-c2ccccc2)c1. The summed E-state index contributed by atoms with van der Waals surface area (Å²) in [5.74, 6) is 2.42. The molecule has 0 bridgehead atoms. The van der Waals surface area contributed by atoms with E-state index in [4.69, 9.17) is 10.2 Å². The standard InChI is InChI=1S/C19H14O4/c20-17(21)19(18(22)23)12-16(19)10-9-13-5-4-8-15(11-13)14-6-2-1-3-7-14/h1-8,11,16H,12H2,(H,20,21)(H,22,23). The van der Waals surface area contributed by atoms with Crippen molar-refractivity contribution in [1.29, 1.82) is 0 Å². The Morgan fingerprint density at radius 1 is 0.957 bits per heavy atom. The third-order valence-electron chi connectivity index (χ3n) is 4.08. The summed E-state index contributed by atoms with van der Waals surface area (Å²) >= 11 is 0. The molecule has 0 radical (unpaired) electrons. The Bertz CT molecular complexity index is 813. The summed E-state index contributed by atoms with van der Waals surface area (Å²) in [6, 6.07) is 17.4. The zero-order chi connectivity index (χ0) is 16.4. The summed E-state index contributed by atoms with van der Waals surface area (Å²) in [5, 5.41) is 18.2. The van der Waals surface area contributed by atoms with Gasteiger partial charge in [0, 0.05) is 11.5 Å². The molecule has 0 spiro atoms. The zero-order valence-electron chi connectivity index (χ0n) is 12.2. The number of aliphatic carboxylic acids is 2. The van der Waals surface area contributed by atoms with Gasteiger partial charge in [0.15, 0.2) is 5.41 Å². The van der Waals surface area contributed by atoms with Gasteiger partial charge in [-0.1, -0.05) is 54.3 Å². The first-order chi connectivity index (χ1) is 11.0. The Balaban J connectivity index is 1.84. The van der Waals surface area contributed by atoms with Gasteiger partial charge in [0.1, 0.15) is 0 Å². The second kappa shape index (κ2) is 5.62. The van der Waals surface area contributed by atoms with Gasteiger partial charge in [0.05, 0.1) is 0 Å². The van der Waals surface area contributed by atoms with Crippen LogP contribution < -0.4 is 0 Å². The third-order valence-corrected chi connectivity index (χ3v) is 4.08. The molecule has 1 atom stereocenters. The summed E-state index contributed by atoms with van der Waals surface area (Å²) in [7, 11) is 0. The maximum absolute atomic E-state index is 11.1. The average molecular weight is 306 g/mol. The van der Waals surface area contributed by atoms with Crippen molar-refractivity contribution < 1.29 is 19.8 Å². The molecule has 1 unspecified atom stereocenters. The fraction of sp³-hybridized carbons (Fsp3) is 0.158. The van der Waals surface area contributed by atoms with Gasteiger partial charge in [-0.2, -0.15) is 0 Å². The molecule has 0 heterocycles. The fourth-order valence-corrected chi connectivity index (χ4v) is 2.58. The lowest BCUT2D eigenvalue weighted by atomic mass is 10.0. The maximum atomic E-state index is 11.1. The predicted octanol–water partition coefficient (Wildman–Crippen LogP) is 2.88. The number of rotatable bonds is 3. The molecule has 2 aromatic rings. The topological polar surface area (TPSA) is 74.6 Å². The Kier molecular flexibility index (Phi) is 3.63. The minimum absolute atomic E-state index is 0.0586. The van der Waals surface area contributed by atoms with Gasteiger partial charge in [-0.3, -0.25) is 9.59 Å². The normalized spacial score (nSPS) is 17.7. The summed E-state index contributed by atoms with van der Waals surface area (Å²) in [6.07, 6.45) is 0.0586. The average Bonchev–Trinajstić information content (AvgIpc) is 3.30. The lowest BCUT2D eigenvalue weighted by molar-refractivity contribution is -0.157. The van der Waals surface area contributed by atoms with E-state index in [0.717, 1.165) is 16.7 Å². The maximum Gasteiger partial charge on any atom is 0.322 e. The molecule has 0 aliphatic heterocycles. The van der Waals surface area contributed by atoms with Gasteiger partial charge in [0.25, 0.3) is 0 Å². The largest absolute Gasteiger partial charge is 0.480 e. The smallest absolute Gasteiger partial charge is 0.322 e. The molecule has 0 amide bonds. The lowest BCUT2D eigenvalue weighted by Gasteiger charge is -2.02. The first-order valence-corrected chi connectivity index (χ1v) is 7.18. The number of carboxylic acids is 2. The molecule has 1 aliphatic carbocycles. The second-order valence-corrected chi connectivity index (χ2v) is 5.55. The van der Waals surface area contributed by atoms with Crippen molar-refractivity contribution in [3.05, 3.63) is 60.2 Å². The summed E-state index contributed by atoms with van der Waals surface area (Å²) < 4.78 is 0. The summed E-state index contributed by atoms with van der Waals surface area (Å²) in [5.41, 5.74) is 1.08. The molecule has 4 heteroatoms. The van der Waals surface area contributed by atoms with Crippen LogP contribution in [0, 0.1) is 23.2 Å². The van der Waals surface area contributed by atoms with E-state index in [1.54, 1.807) is 0 Å². The van der Waals surface area contributed by atoms with E-state index in [2.05, 4.69) is 11.8 Å². The van der Waals surface area contributed by atoms with Crippen molar-refractivity contribution >= 4 is 11.9 Å². The number of hydrogen-bond donors (Lipinski definition) is 2. The van der Waals surface area contributed by atoms with Crippen molar-refractivity contribution in [2.24, 2.45) is 11.3 Å². The monoisotopic (exact) mass is 306 g/mol. The van der Waals surface area contributed by atoms with Gasteiger partial charge >= 0.3 is 11.9 Å². The lowest BCUT2D eigenvalue weighted by Crippen LogP contribution is -2.27. The molecule has 0 saturated heterocycles. The number of carboxylic acid groups (broad SMARTS) is 2. The van der Waals surface area contributed by atoms with Gasteiger partial charge < -0.3 is 10.2 Å². The van der Waals surface area contributed by atoms with E-state index >= 15 is 0 Å².